The van der Waals surface area contributed by atoms with E-state index >= 15 is 0 Å². The van der Waals surface area contributed by atoms with Crippen molar-refractivity contribution in [1.29, 1.82) is 0 Å². The molecule has 0 saturated heterocycles. The van der Waals surface area contributed by atoms with Crippen LogP contribution in [-0.4, -0.2) is 19.1 Å². The van der Waals surface area contributed by atoms with Crippen molar-refractivity contribution in [3.8, 4) is 0 Å². The number of hydrogen-bond acceptors (Lipinski definition) is 2. The molecule has 0 aromatic heterocycles. The van der Waals surface area contributed by atoms with Crippen molar-refractivity contribution in [2.45, 2.75) is 26.4 Å². The van der Waals surface area contributed by atoms with Gasteiger partial charge in [-0.2, -0.15) is 0 Å². The minimum absolute atomic E-state index is 0.169. The molecule has 2 N–H and O–H groups in total. The summed E-state index contributed by atoms with van der Waals surface area (Å²) in [4.78, 5) is 0. The first-order valence-corrected chi connectivity index (χ1v) is 6.31. The van der Waals surface area contributed by atoms with E-state index in [4.69, 9.17) is 0 Å². The van der Waals surface area contributed by atoms with Gasteiger partial charge in [0.15, 0.2) is 0 Å². The Kier molecular flexibility index (Phi) is 5.95. The van der Waals surface area contributed by atoms with Crippen molar-refractivity contribution in [3.63, 3.8) is 0 Å². The molecule has 0 fully saturated rings. The average Bonchev–Trinajstić information content (AvgIpc) is 2.25. The maximum atomic E-state index is 13.5. The van der Waals surface area contributed by atoms with Crippen molar-refractivity contribution < 1.29 is 4.39 Å². The van der Waals surface area contributed by atoms with Crippen LogP contribution in [-0.2, 0) is 6.54 Å². The van der Waals surface area contributed by atoms with Gasteiger partial charge >= 0.3 is 0 Å². The Morgan fingerprint density at radius 2 is 2.19 bits per heavy atom. The van der Waals surface area contributed by atoms with Gasteiger partial charge in [0.1, 0.15) is 5.82 Å². The van der Waals surface area contributed by atoms with Crippen molar-refractivity contribution in [3.05, 3.63) is 34.1 Å². The topological polar surface area (TPSA) is 24.1 Å². The Bertz CT molecular complexity index is 311. The quantitative estimate of drug-likeness (QED) is 0.841. The smallest absolute Gasteiger partial charge is 0.128 e. The highest BCUT2D eigenvalue weighted by Crippen LogP contribution is 2.19. The van der Waals surface area contributed by atoms with Crippen LogP contribution in [0.15, 0.2) is 22.7 Å². The number of rotatable bonds is 6. The largest absolute Gasteiger partial charge is 0.315 e. The molecule has 2 nitrogen and oxygen atoms in total. The molecule has 0 aliphatic carbocycles. The third-order valence-electron chi connectivity index (χ3n) is 2.39. The third-order valence-corrected chi connectivity index (χ3v) is 3.13. The summed E-state index contributed by atoms with van der Waals surface area (Å²) in [7, 11) is 0. The van der Waals surface area contributed by atoms with Gasteiger partial charge in [0.25, 0.3) is 0 Å². The molecule has 1 atom stereocenters. The molecule has 0 saturated carbocycles. The Balaban J connectivity index is 2.48. The van der Waals surface area contributed by atoms with Gasteiger partial charge in [-0.15, -0.1) is 0 Å². The molecule has 0 bridgehead atoms. The molecule has 1 rings (SSSR count). The molecule has 1 unspecified atom stereocenters. The zero-order chi connectivity index (χ0) is 12.0. The van der Waals surface area contributed by atoms with Gasteiger partial charge in [-0.25, -0.2) is 4.39 Å². The molecule has 4 heteroatoms. The summed E-state index contributed by atoms with van der Waals surface area (Å²) in [6.45, 7) is 6.54. The summed E-state index contributed by atoms with van der Waals surface area (Å²) in [6.07, 6.45) is 0. The fourth-order valence-electron chi connectivity index (χ4n) is 1.41. The van der Waals surface area contributed by atoms with Crippen molar-refractivity contribution in [2.75, 3.05) is 13.1 Å². The van der Waals surface area contributed by atoms with Crippen LogP contribution in [0.2, 0.25) is 0 Å². The summed E-state index contributed by atoms with van der Waals surface area (Å²) < 4.78 is 14.3. The minimum Gasteiger partial charge on any atom is -0.315 e. The fraction of sp³-hybridized carbons (Fsp3) is 0.500. The predicted octanol–water partition coefficient (Wildman–Crippen LogP) is 2.68. The molecule has 90 valence electrons. The minimum atomic E-state index is -0.169. The highest BCUT2D eigenvalue weighted by Gasteiger charge is 2.07. The zero-order valence-corrected chi connectivity index (χ0v) is 11.3. The number of benzene rings is 1. The first-order valence-electron chi connectivity index (χ1n) is 5.52. The van der Waals surface area contributed by atoms with Gasteiger partial charge in [0.2, 0.25) is 0 Å². The highest BCUT2D eigenvalue weighted by molar-refractivity contribution is 9.10. The van der Waals surface area contributed by atoms with Crippen LogP contribution in [0.1, 0.15) is 19.4 Å². The van der Waals surface area contributed by atoms with E-state index in [2.05, 4.69) is 40.4 Å². The Morgan fingerprint density at radius 1 is 1.44 bits per heavy atom. The van der Waals surface area contributed by atoms with Crippen LogP contribution >= 0.6 is 15.9 Å². The Hall–Kier alpha value is -0.450. The van der Waals surface area contributed by atoms with Crippen LogP contribution in [0, 0.1) is 5.82 Å². The first kappa shape index (κ1) is 13.6. The van der Waals surface area contributed by atoms with Crippen LogP contribution in [0.25, 0.3) is 0 Å². The van der Waals surface area contributed by atoms with E-state index in [1.165, 1.54) is 6.07 Å². The highest BCUT2D eigenvalue weighted by atomic mass is 79.9. The summed E-state index contributed by atoms with van der Waals surface area (Å²) in [5, 5.41) is 6.53. The van der Waals surface area contributed by atoms with Gasteiger partial charge in [-0.1, -0.05) is 28.9 Å². The second kappa shape index (κ2) is 6.99. The number of halogens is 2. The molecule has 0 radical (unpaired) electrons. The summed E-state index contributed by atoms with van der Waals surface area (Å²) >= 11 is 3.35. The molecule has 0 aliphatic rings. The van der Waals surface area contributed by atoms with Crippen molar-refractivity contribution in [1.82, 2.24) is 10.6 Å². The van der Waals surface area contributed by atoms with Gasteiger partial charge in [-0.05, 0) is 25.6 Å². The SMILES string of the molecule is CCNCC(C)NCc1c(F)cccc1Br. The molecular weight excluding hydrogens is 271 g/mol. The number of hydrogen-bond donors (Lipinski definition) is 2. The maximum Gasteiger partial charge on any atom is 0.128 e. The predicted molar refractivity (Wildman–Crippen MR) is 68.9 cm³/mol. The lowest BCUT2D eigenvalue weighted by molar-refractivity contribution is 0.497. The molecule has 16 heavy (non-hydrogen) atoms. The third kappa shape index (κ3) is 4.20. The second-order valence-corrected chi connectivity index (χ2v) is 4.64. The molecule has 0 amide bonds. The van der Waals surface area contributed by atoms with Gasteiger partial charge in [-0.3, -0.25) is 0 Å². The Labute approximate surface area is 105 Å². The van der Waals surface area contributed by atoms with Crippen LogP contribution in [0.3, 0.4) is 0 Å². The molecule has 1 aromatic carbocycles. The summed E-state index contributed by atoms with van der Waals surface area (Å²) in [5.74, 6) is -0.169. The second-order valence-electron chi connectivity index (χ2n) is 3.79. The van der Waals surface area contributed by atoms with E-state index in [1.54, 1.807) is 6.07 Å². The number of nitrogens with one attached hydrogen (secondary N) is 2. The zero-order valence-electron chi connectivity index (χ0n) is 9.69. The van der Waals surface area contributed by atoms with Crippen molar-refractivity contribution in [2.24, 2.45) is 0 Å². The van der Waals surface area contributed by atoms with Gasteiger partial charge in [0, 0.05) is 29.2 Å². The van der Waals surface area contributed by atoms with E-state index in [0.717, 1.165) is 17.6 Å². The Morgan fingerprint density at radius 3 is 2.81 bits per heavy atom. The first-order chi connectivity index (χ1) is 7.65. The van der Waals surface area contributed by atoms with E-state index in [9.17, 15) is 4.39 Å². The van der Waals surface area contributed by atoms with E-state index in [0.29, 0.717) is 18.2 Å². The van der Waals surface area contributed by atoms with E-state index < -0.39 is 0 Å². The van der Waals surface area contributed by atoms with Gasteiger partial charge in [0.05, 0.1) is 0 Å². The maximum absolute atomic E-state index is 13.5. The average molecular weight is 289 g/mol. The molecule has 1 aromatic rings. The lowest BCUT2D eigenvalue weighted by atomic mass is 10.2. The van der Waals surface area contributed by atoms with Gasteiger partial charge < -0.3 is 10.6 Å². The lowest BCUT2D eigenvalue weighted by Crippen LogP contribution is -2.36. The van der Waals surface area contributed by atoms with E-state index in [1.807, 2.05) is 6.07 Å². The molecule has 0 heterocycles. The fourth-order valence-corrected chi connectivity index (χ4v) is 1.89. The normalized spacial score (nSPS) is 12.8. The molecule has 0 spiro atoms. The monoisotopic (exact) mass is 288 g/mol. The molecule has 0 aliphatic heterocycles. The van der Waals surface area contributed by atoms with Crippen LogP contribution in [0.5, 0.6) is 0 Å². The summed E-state index contributed by atoms with van der Waals surface area (Å²) in [5.41, 5.74) is 0.686. The van der Waals surface area contributed by atoms with Crippen molar-refractivity contribution >= 4 is 15.9 Å². The van der Waals surface area contributed by atoms with Crippen LogP contribution < -0.4 is 10.6 Å². The standard InChI is InChI=1S/C12H18BrFN2/c1-3-15-7-9(2)16-8-10-11(13)5-4-6-12(10)14/h4-6,9,15-16H,3,7-8H2,1-2H3. The van der Waals surface area contributed by atoms with Crippen LogP contribution in [0.4, 0.5) is 4.39 Å². The lowest BCUT2D eigenvalue weighted by Gasteiger charge is -2.15. The van der Waals surface area contributed by atoms with E-state index in [-0.39, 0.29) is 5.82 Å². The summed E-state index contributed by atoms with van der Waals surface area (Å²) in [6, 6.07) is 5.36. The molecular formula is C12H18BrFN2. The number of likely N-dealkylation sites (N-methyl/N-ethyl adjacent to an activating group) is 1.